The molecule has 1 saturated carbocycles. The van der Waals surface area contributed by atoms with Crippen LogP contribution in [0, 0.1) is 23.7 Å². The van der Waals surface area contributed by atoms with E-state index >= 15 is 0 Å². The van der Waals surface area contributed by atoms with Crippen molar-refractivity contribution >= 4 is 5.97 Å². The number of hydrogen-bond donors (Lipinski definition) is 1. The number of carbonyl (C=O) groups is 1. The Labute approximate surface area is 183 Å². The van der Waals surface area contributed by atoms with Crippen LogP contribution in [0.15, 0.2) is 36.1 Å². The van der Waals surface area contributed by atoms with Crippen molar-refractivity contribution in [3.63, 3.8) is 0 Å². The predicted octanol–water partition coefficient (Wildman–Crippen LogP) is 5.97. The molecule has 2 aliphatic rings. The van der Waals surface area contributed by atoms with Gasteiger partial charge in [-0.2, -0.15) is 0 Å². The minimum Gasteiger partial charge on any atom is -0.494 e. The number of carbonyl (C=O) groups excluding carboxylic acids is 1. The molecule has 1 N–H and O–H groups in total. The zero-order chi connectivity index (χ0) is 21.6. The molecule has 0 amide bonds. The Hall–Kier alpha value is -1.55. The van der Waals surface area contributed by atoms with Gasteiger partial charge in [0.2, 0.25) is 0 Å². The van der Waals surface area contributed by atoms with Gasteiger partial charge < -0.3 is 14.6 Å². The maximum absolute atomic E-state index is 11.5. The first kappa shape index (κ1) is 24.7. The van der Waals surface area contributed by atoms with Crippen LogP contribution in [0.25, 0.3) is 0 Å². The average molecular weight is 419 g/mol. The highest BCUT2D eigenvalue weighted by atomic mass is 16.5. The van der Waals surface area contributed by atoms with Crippen LogP contribution in [-0.4, -0.2) is 30.9 Å². The lowest BCUT2D eigenvalue weighted by atomic mass is 9.83. The Morgan fingerprint density at radius 2 is 2.17 bits per heavy atom. The van der Waals surface area contributed by atoms with Crippen molar-refractivity contribution in [2.45, 2.75) is 78.1 Å². The van der Waals surface area contributed by atoms with E-state index in [1.807, 2.05) is 6.92 Å². The monoisotopic (exact) mass is 418 g/mol. The molecule has 1 fully saturated rings. The lowest BCUT2D eigenvalue weighted by Gasteiger charge is -2.23. The fourth-order valence-corrected chi connectivity index (χ4v) is 4.78. The maximum atomic E-state index is 11.5. The van der Waals surface area contributed by atoms with Gasteiger partial charge in [0.05, 0.1) is 13.2 Å². The number of allylic oxidation sites excluding steroid dienone is 4. The Morgan fingerprint density at radius 3 is 2.90 bits per heavy atom. The van der Waals surface area contributed by atoms with Crippen LogP contribution in [0.3, 0.4) is 0 Å². The average Bonchev–Trinajstić information content (AvgIpc) is 3.10. The molecule has 0 radical (unpaired) electrons. The molecule has 4 atom stereocenters. The largest absolute Gasteiger partial charge is 0.494 e. The molecule has 0 heterocycles. The lowest BCUT2D eigenvalue weighted by molar-refractivity contribution is -0.143. The molecule has 0 aliphatic heterocycles. The molecule has 30 heavy (non-hydrogen) atoms. The van der Waals surface area contributed by atoms with Gasteiger partial charge in [0.15, 0.2) is 0 Å². The summed E-state index contributed by atoms with van der Waals surface area (Å²) in [6, 6.07) is 0. The number of rotatable bonds is 14. The summed E-state index contributed by atoms with van der Waals surface area (Å²) in [5.41, 5.74) is 0. The second-order valence-electron chi connectivity index (χ2n) is 8.86. The highest BCUT2D eigenvalue weighted by Gasteiger charge is 2.31. The van der Waals surface area contributed by atoms with E-state index in [2.05, 4.69) is 37.3 Å². The first-order valence-electron chi connectivity index (χ1n) is 12.1. The SMILES string of the molecule is CCOC(=O)CCC[C@H](CO)CC[C@H]1C(C)CC[C@@H]1/C=C/CCOC1=CCCC=C1. The van der Waals surface area contributed by atoms with E-state index in [0.29, 0.717) is 30.8 Å². The van der Waals surface area contributed by atoms with Gasteiger partial charge in [-0.3, -0.25) is 4.79 Å². The minimum atomic E-state index is -0.122. The molecular weight excluding hydrogens is 376 g/mol. The predicted molar refractivity (Wildman–Crippen MR) is 122 cm³/mol. The summed E-state index contributed by atoms with van der Waals surface area (Å²) in [6.07, 6.45) is 21.2. The Kier molecular flexibility index (Phi) is 11.9. The van der Waals surface area contributed by atoms with Gasteiger partial charge in [0, 0.05) is 13.0 Å². The molecule has 0 spiro atoms. The molecule has 0 aromatic heterocycles. The molecule has 170 valence electrons. The topological polar surface area (TPSA) is 55.8 Å². The fraction of sp³-hybridized carbons (Fsp3) is 0.731. The molecular formula is C26H42O4. The van der Waals surface area contributed by atoms with Gasteiger partial charge in [0.25, 0.3) is 0 Å². The van der Waals surface area contributed by atoms with E-state index in [1.165, 1.54) is 12.8 Å². The lowest BCUT2D eigenvalue weighted by Crippen LogP contribution is -2.16. The van der Waals surface area contributed by atoms with Crippen molar-refractivity contribution in [3.8, 4) is 0 Å². The second-order valence-corrected chi connectivity index (χ2v) is 8.86. The van der Waals surface area contributed by atoms with Gasteiger partial charge in [0.1, 0.15) is 5.76 Å². The zero-order valence-corrected chi connectivity index (χ0v) is 19.1. The van der Waals surface area contributed by atoms with Crippen LogP contribution in [0.5, 0.6) is 0 Å². The number of esters is 1. The van der Waals surface area contributed by atoms with E-state index in [9.17, 15) is 9.90 Å². The fourth-order valence-electron chi connectivity index (χ4n) is 4.78. The Morgan fingerprint density at radius 1 is 1.30 bits per heavy atom. The van der Waals surface area contributed by atoms with Gasteiger partial charge in [-0.1, -0.05) is 25.2 Å². The standard InChI is InChI=1S/C26H42O4/c1-3-29-26(28)14-9-10-22(20-27)16-18-25-21(2)15-17-23(25)11-7-8-19-30-24-12-5-4-6-13-24/h5,7,11-13,21-23,25,27H,3-4,6,8-10,14-20H2,1-2H3/b11-7+/t21?,22-,23-,25-/m0/s1. The summed E-state index contributed by atoms with van der Waals surface area (Å²) < 4.78 is 10.8. The summed E-state index contributed by atoms with van der Waals surface area (Å²) in [5.74, 6) is 3.27. The Balaban J connectivity index is 1.68. The number of aliphatic hydroxyl groups is 1. The third-order valence-corrected chi connectivity index (χ3v) is 6.60. The number of ether oxygens (including phenoxy) is 2. The molecule has 4 heteroatoms. The summed E-state index contributed by atoms with van der Waals surface area (Å²) in [5, 5.41) is 9.75. The highest BCUT2D eigenvalue weighted by molar-refractivity contribution is 5.69. The first-order valence-corrected chi connectivity index (χ1v) is 12.1. The quantitative estimate of drug-likeness (QED) is 0.215. The second kappa shape index (κ2) is 14.5. The van der Waals surface area contributed by atoms with Crippen LogP contribution in [-0.2, 0) is 14.3 Å². The van der Waals surface area contributed by atoms with Crippen molar-refractivity contribution < 1.29 is 19.4 Å². The smallest absolute Gasteiger partial charge is 0.305 e. The van der Waals surface area contributed by atoms with Gasteiger partial charge in [-0.25, -0.2) is 0 Å². The molecule has 2 rings (SSSR count). The first-order chi connectivity index (χ1) is 14.6. The van der Waals surface area contributed by atoms with Crippen molar-refractivity contribution in [2.75, 3.05) is 19.8 Å². The summed E-state index contributed by atoms with van der Waals surface area (Å²) in [4.78, 5) is 11.5. The van der Waals surface area contributed by atoms with Gasteiger partial charge >= 0.3 is 5.97 Å². The van der Waals surface area contributed by atoms with Crippen LogP contribution in [0.1, 0.15) is 78.1 Å². The summed E-state index contributed by atoms with van der Waals surface area (Å²) in [7, 11) is 0. The third-order valence-electron chi connectivity index (χ3n) is 6.60. The highest BCUT2D eigenvalue weighted by Crippen LogP contribution is 2.41. The number of aliphatic hydroxyl groups excluding tert-OH is 1. The van der Waals surface area contributed by atoms with Crippen LogP contribution in [0.2, 0.25) is 0 Å². The zero-order valence-electron chi connectivity index (χ0n) is 19.1. The Bertz CT molecular complexity index is 578. The van der Waals surface area contributed by atoms with Crippen LogP contribution < -0.4 is 0 Å². The van der Waals surface area contributed by atoms with Gasteiger partial charge in [-0.05, 0) is 101 Å². The minimum absolute atomic E-state index is 0.122. The van der Waals surface area contributed by atoms with E-state index < -0.39 is 0 Å². The van der Waals surface area contributed by atoms with Crippen molar-refractivity contribution in [2.24, 2.45) is 23.7 Å². The van der Waals surface area contributed by atoms with Crippen molar-refractivity contribution in [1.82, 2.24) is 0 Å². The molecule has 0 bridgehead atoms. The molecule has 4 nitrogen and oxygen atoms in total. The van der Waals surface area contributed by atoms with Crippen molar-refractivity contribution in [1.29, 1.82) is 0 Å². The summed E-state index contributed by atoms with van der Waals surface area (Å²) >= 11 is 0. The molecule has 0 saturated heterocycles. The van der Waals surface area contributed by atoms with Gasteiger partial charge in [-0.15, -0.1) is 0 Å². The maximum Gasteiger partial charge on any atom is 0.305 e. The van der Waals surface area contributed by atoms with Crippen molar-refractivity contribution in [3.05, 3.63) is 36.1 Å². The summed E-state index contributed by atoms with van der Waals surface area (Å²) in [6.45, 7) is 5.61. The molecule has 1 unspecified atom stereocenters. The van der Waals surface area contributed by atoms with Crippen LogP contribution >= 0.6 is 0 Å². The normalized spacial score (nSPS) is 24.8. The third kappa shape index (κ3) is 9.07. The van der Waals surface area contributed by atoms with E-state index in [0.717, 1.165) is 63.2 Å². The number of hydrogen-bond acceptors (Lipinski definition) is 4. The molecule has 0 aromatic rings. The van der Waals surface area contributed by atoms with E-state index in [4.69, 9.17) is 9.47 Å². The molecule has 2 aliphatic carbocycles. The van der Waals surface area contributed by atoms with E-state index in [1.54, 1.807) is 0 Å². The van der Waals surface area contributed by atoms with Crippen LogP contribution in [0.4, 0.5) is 0 Å². The van der Waals surface area contributed by atoms with E-state index in [-0.39, 0.29) is 12.6 Å². The molecule has 0 aromatic carbocycles.